The zero-order valence-electron chi connectivity index (χ0n) is 8.06. The quantitative estimate of drug-likeness (QED) is 0.466. The average Bonchev–Trinajstić information content (AvgIpc) is 2.06. The Labute approximate surface area is 74.5 Å². The lowest BCUT2D eigenvalue weighted by molar-refractivity contribution is -0.143. The van der Waals surface area contributed by atoms with Crippen molar-refractivity contribution in [2.75, 3.05) is 20.2 Å². The summed E-state index contributed by atoms with van der Waals surface area (Å²) in [6, 6.07) is 0. The Morgan fingerprint density at radius 2 is 2.17 bits per heavy atom. The molecule has 0 spiro atoms. The third kappa shape index (κ3) is 7.54. The normalized spacial score (nSPS) is 9.83. The van der Waals surface area contributed by atoms with Gasteiger partial charge in [0.2, 0.25) is 0 Å². The van der Waals surface area contributed by atoms with E-state index in [2.05, 4.69) is 12.2 Å². The summed E-state index contributed by atoms with van der Waals surface area (Å²) in [5.74, 6) is -0.0706. The first-order valence-corrected chi connectivity index (χ1v) is 4.61. The van der Waals surface area contributed by atoms with Crippen LogP contribution in [0.5, 0.6) is 0 Å². The number of esters is 1. The number of hydrogen-bond acceptors (Lipinski definition) is 3. The third-order valence-corrected chi connectivity index (χ3v) is 1.57. The molecule has 0 aliphatic rings. The molecule has 0 aromatic rings. The molecule has 0 aromatic heterocycles. The van der Waals surface area contributed by atoms with Gasteiger partial charge in [0, 0.05) is 6.42 Å². The first kappa shape index (κ1) is 11.4. The van der Waals surface area contributed by atoms with Crippen LogP contribution in [0.4, 0.5) is 0 Å². The van der Waals surface area contributed by atoms with Crippen molar-refractivity contribution in [2.45, 2.75) is 32.6 Å². The Balaban J connectivity index is 3.10. The lowest BCUT2D eigenvalue weighted by Crippen LogP contribution is -2.11. The van der Waals surface area contributed by atoms with E-state index in [0.717, 1.165) is 25.8 Å². The zero-order valence-corrected chi connectivity index (χ0v) is 8.06. The van der Waals surface area contributed by atoms with Crippen molar-refractivity contribution in [1.82, 2.24) is 5.32 Å². The summed E-state index contributed by atoms with van der Waals surface area (Å²) in [4.78, 5) is 10.9. The molecule has 0 unspecified atom stereocenters. The SMILES string of the molecule is CCCCOC(=O)CCCNC. The lowest BCUT2D eigenvalue weighted by atomic mass is 10.3. The third-order valence-electron chi connectivity index (χ3n) is 1.57. The topological polar surface area (TPSA) is 38.3 Å². The van der Waals surface area contributed by atoms with Crippen LogP contribution in [0.25, 0.3) is 0 Å². The van der Waals surface area contributed by atoms with Gasteiger partial charge in [-0.2, -0.15) is 0 Å². The van der Waals surface area contributed by atoms with E-state index in [-0.39, 0.29) is 5.97 Å². The van der Waals surface area contributed by atoms with Crippen molar-refractivity contribution in [3.05, 3.63) is 0 Å². The highest BCUT2D eigenvalue weighted by Gasteiger charge is 2.00. The van der Waals surface area contributed by atoms with E-state index >= 15 is 0 Å². The van der Waals surface area contributed by atoms with Crippen molar-refractivity contribution >= 4 is 5.97 Å². The van der Waals surface area contributed by atoms with Crippen LogP contribution >= 0.6 is 0 Å². The van der Waals surface area contributed by atoms with Crippen LogP contribution in [0, 0.1) is 0 Å². The molecule has 0 bridgehead atoms. The fourth-order valence-electron chi connectivity index (χ4n) is 0.812. The van der Waals surface area contributed by atoms with Gasteiger partial charge in [-0.3, -0.25) is 4.79 Å². The maximum absolute atomic E-state index is 10.9. The van der Waals surface area contributed by atoms with E-state index in [4.69, 9.17) is 4.74 Å². The summed E-state index contributed by atoms with van der Waals surface area (Å²) < 4.78 is 4.96. The highest BCUT2D eigenvalue weighted by atomic mass is 16.5. The first-order chi connectivity index (χ1) is 5.81. The van der Waals surface area contributed by atoms with Gasteiger partial charge < -0.3 is 10.1 Å². The van der Waals surface area contributed by atoms with Crippen molar-refractivity contribution in [3.8, 4) is 0 Å². The van der Waals surface area contributed by atoms with Crippen LogP contribution in [-0.4, -0.2) is 26.2 Å². The maximum Gasteiger partial charge on any atom is 0.305 e. The van der Waals surface area contributed by atoms with Gasteiger partial charge in [-0.05, 0) is 26.4 Å². The van der Waals surface area contributed by atoms with Gasteiger partial charge in [0.1, 0.15) is 0 Å². The number of carbonyl (C=O) groups excluding carboxylic acids is 1. The number of rotatable bonds is 7. The number of ether oxygens (including phenoxy) is 1. The fraction of sp³-hybridized carbons (Fsp3) is 0.889. The molecule has 0 atom stereocenters. The van der Waals surface area contributed by atoms with E-state index in [9.17, 15) is 4.79 Å². The highest BCUT2D eigenvalue weighted by Crippen LogP contribution is 1.94. The molecule has 0 heterocycles. The summed E-state index contributed by atoms with van der Waals surface area (Å²) in [5.41, 5.74) is 0. The standard InChI is InChI=1S/C9H19NO2/c1-3-4-8-12-9(11)6-5-7-10-2/h10H,3-8H2,1-2H3. The zero-order chi connectivity index (χ0) is 9.23. The molecule has 12 heavy (non-hydrogen) atoms. The van der Waals surface area contributed by atoms with Gasteiger partial charge in [-0.25, -0.2) is 0 Å². The second kappa shape index (κ2) is 8.53. The minimum Gasteiger partial charge on any atom is -0.466 e. The minimum absolute atomic E-state index is 0.0706. The molecule has 0 aromatic carbocycles. The highest BCUT2D eigenvalue weighted by molar-refractivity contribution is 5.69. The number of hydrogen-bond donors (Lipinski definition) is 1. The average molecular weight is 173 g/mol. The molecule has 0 rings (SSSR count). The Bertz CT molecular complexity index is 103. The van der Waals surface area contributed by atoms with E-state index < -0.39 is 0 Å². The Morgan fingerprint density at radius 1 is 1.42 bits per heavy atom. The molecule has 3 heteroatoms. The van der Waals surface area contributed by atoms with Crippen LogP contribution in [0.2, 0.25) is 0 Å². The molecule has 0 amide bonds. The number of carbonyl (C=O) groups is 1. The second-order valence-corrected chi connectivity index (χ2v) is 2.78. The monoisotopic (exact) mass is 173 g/mol. The Hall–Kier alpha value is -0.570. The Morgan fingerprint density at radius 3 is 2.75 bits per heavy atom. The van der Waals surface area contributed by atoms with Gasteiger partial charge in [-0.15, -0.1) is 0 Å². The van der Waals surface area contributed by atoms with Gasteiger partial charge in [0.05, 0.1) is 6.61 Å². The molecule has 0 fully saturated rings. The summed E-state index contributed by atoms with van der Waals surface area (Å²) in [5, 5.41) is 2.98. The predicted molar refractivity (Wildman–Crippen MR) is 49.0 cm³/mol. The van der Waals surface area contributed by atoms with E-state index in [0.29, 0.717) is 13.0 Å². The van der Waals surface area contributed by atoms with Crippen molar-refractivity contribution in [1.29, 1.82) is 0 Å². The molecule has 72 valence electrons. The van der Waals surface area contributed by atoms with Gasteiger partial charge in [-0.1, -0.05) is 13.3 Å². The number of unbranched alkanes of at least 4 members (excludes halogenated alkanes) is 1. The molecule has 0 radical (unpaired) electrons. The molecule has 0 saturated heterocycles. The number of nitrogens with one attached hydrogen (secondary N) is 1. The minimum atomic E-state index is -0.0706. The predicted octanol–water partition coefficient (Wildman–Crippen LogP) is 1.33. The second-order valence-electron chi connectivity index (χ2n) is 2.78. The molecule has 3 nitrogen and oxygen atoms in total. The summed E-state index contributed by atoms with van der Waals surface area (Å²) in [6.45, 7) is 3.53. The molecule has 0 aliphatic heterocycles. The van der Waals surface area contributed by atoms with Crippen molar-refractivity contribution in [3.63, 3.8) is 0 Å². The summed E-state index contributed by atoms with van der Waals surface area (Å²) >= 11 is 0. The van der Waals surface area contributed by atoms with Gasteiger partial charge in [0.25, 0.3) is 0 Å². The van der Waals surface area contributed by atoms with Crippen LogP contribution in [0.1, 0.15) is 32.6 Å². The largest absolute Gasteiger partial charge is 0.466 e. The van der Waals surface area contributed by atoms with Gasteiger partial charge >= 0.3 is 5.97 Å². The molecule has 1 N–H and O–H groups in total. The van der Waals surface area contributed by atoms with E-state index in [1.165, 1.54) is 0 Å². The van der Waals surface area contributed by atoms with Crippen LogP contribution < -0.4 is 5.32 Å². The maximum atomic E-state index is 10.9. The van der Waals surface area contributed by atoms with E-state index in [1.54, 1.807) is 0 Å². The van der Waals surface area contributed by atoms with Crippen molar-refractivity contribution < 1.29 is 9.53 Å². The first-order valence-electron chi connectivity index (χ1n) is 4.61. The molecular formula is C9H19NO2. The molecule has 0 saturated carbocycles. The lowest BCUT2D eigenvalue weighted by Gasteiger charge is -2.02. The van der Waals surface area contributed by atoms with Crippen LogP contribution in [0.3, 0.4) is 0 Å². The molecular weight excluding hydrogens is 154 g/mol. The fourth-order valence-corrected chi connectivity index (χ4v) is 0.812. The van der Waals surface area contributed by atoms with Crippen LogP contribution in [0.15, 0.2) is 0 Å². The van der Waals surface area contributed by atoms with Crippen LogP contribution in [-0.2, 0) is 9.53 Å². The summed E-state index contributed by atoms with van der Waals surface area (Å²) in [7, 11) is 1.88. The van der Waals surface area contributed by atoms with Crippen molar-refractivity contribution in [2.24, 2.45) is 0 Å². The smallest absolute Gasteiger partial charge is 0.305 e. The molecule has 0 aliphatic carbocycles. The van der Waals surface area contributed by atoms with Gasteiger partial charge in [0.15, 0.2) is 0 Å². The van der Waals surface area contributed by atoms with E-state index in [1.807, 2.05) is 7.05 Å². The summed E-state index contributed by atoms with van der Waals surface area (Å²) in [6.07, 6.45) is 3.44. The Kier molecular flexibility index (Phi) is 8.12.